The van der Waals surface area contributed by atoms with E-state index in [2.05, 4.69) is 4.90 Å². The molecule has 0 bridgehead atoms. The average Bonchev–Trinajstić information content (AvgIpc) is 2.52. The third-order valence-corrected chi connectivity index (χ3v) is 2.83. The summed E-state index contributed by atoms with van der Waals surface area (Å²) in [5, 5.41) is 0. The second kappa shape index (κ2) is 4.14. The van der Waals surface area contributed by atoms with E-state index in [1.807, 2.05) is 31.1 Å². The number of carbonyl (C=O) groups excluding carboxylic acids is 1. The van der Waals surface area contributed by atoms with Gasteiger partial charge in [-0.1, -0.05) is 0 Å². The van der Waals surface area contributed by atoms with Crippen LogP contribution in [-0.2, 0) is 6.54 Å². The molecule has 0 fully saturated rings. The third-order valence-electron chi connectivity index (χ3n) is 2.83. The van der Waals surface area contributed by atoms with E-state index < -0.39 is 0 Å². The summed E-state index contributed by atoms with van der Waals surface area (Å²) in [5.41, 5.74) is 8.27. The quantitative estimate of drug-likeness (QED) is 0.764. The van der Waals surface area contributed by atoms with Gasteiger partial charge in [0, 0.05) is 30.9 Å². The van der Waals surface area contributed by atoms with Crippen molar-refractivity contribution < 1.29 is 4.79 Å². The lowest BCUT2D eigenvalue weighted by Crippen LogP contribution is -2.31. The van der Waals surface area contributed by atoms with Gasteiger partial charge in [-0.25, -0.2) is 0 Å². The number of fused-ring (bicyclic) bond motifs is 1. The first-order valence-electron chi connectivity index (χ1n) is 5.40. The van der Waals surface area contributed by atoms with Gasteiger partial charge in [0.05, 0.1) is 0 Å². The molecule has 2 rings (SSSR count). The molecule has 1 aliphatic heterocycles. The van der Waals surface area contributed by atoms with E-state index >= 15 is 0 Å². The second-order valence-electron chi connectivity index (χ2n) is 4.45. The standard InChI is InChI=1S/C12H17N3O/c1-14(2)5-6-15-8-9-7-10(13)3-4-11(9)12(15)16/h3-4,7H,5-6,8,13H2,1-2H3. The van der Waals surface area contributed by atoms with Gasteiger partial charge in [-0.15, -0.1) is 0 Å². The number of nitrogens with zero attached hydrogens (tertiary/aromatic N) is 2. The number of benzene rings is 1. The zero-order valence-corrected chi connectivity index (χ0v) is 9.73. The molecule has 1 heterocycles. The fourth-order valence-electron chi connectivity index (χ4n) is 1.90. The molecule has 0 saturated heterocycles. The Morgan fingerprint density at radius 3 is 2.88 bits per heavy atom. The first-order chi connectivity index (χ1) is 7.58. The maximum Gasteiger partial charge on any atom is 0.254 e. The maximum atomic E-state index is 12.0. The number of rotatable bonds is 3. The summed E-state index contributed by atoms with van der Waals surface area (Å²) in [6.45, 7) is 2.34. The van der Waals surface area contributed by atoms with E-state index in [9.17, 15) is 4.79 Å². The van der Waals surface area contributed by atoms with Crippen LogP contribution in [0.15, 0.2) is 18.2 Å². The van der Waals surface area contributed by atoms with Gasteiger partial charge in [-0.05, 0) is 37.9 Å². The zero-order chi connectivity index (χ0) is 11.7. The van der Waals surface area contributed by atoms with Gasteiger partial charge in [-0.3, -0.25) is 4.79 Å². The number of anilines is 1. The van der Waals surface area contributed by atoms with E-state index in [1.165, 1.54) is 0 Å². The van der Waals surface area contributed by atoms with E-state index in [1.54, 1.807) is 6.07 Å². The highest BCUT2D eigenvalue weighted by atomic mass is 16.2. The first-order valence-corrected chi connectivity index (χ1v) is 5.40. The topological polar surface area (TPSA) is 49.6 Å². The number of likely N-dealkylation sites (N-methyl/N-ethyl adjacent to an activating group) is 1. The van der Waals surface area contributed by atoms with E-state index in [0.717, 1.165) is 29.9 Å². The van der Waals surface area contributed by atoms with Crippen LogP contribution in [0.2, 0.25) is 0 Å². The summed E-state index contributed by atoms with van der Waals surface area (Å²) in [5.74, 6) is 0.122. The molecule has 1 aromatic rings. The minimum Gasteiger partial charge on any atom is -0.399 e. The zero-order valence-electron chi connectivity index (χ0n) is 9.73. The van der Waals surface area contributed by atoms with Crippen LogP contribution in [0.25, 0.3) is 0 Å². The van der Waals surface area contributed by atoms with E-state index in [4.69, 9.17) is 5.73 Å². The molecular weight excluding hydrogens is 202 g/mol. The van der Waals surface area contributed by atoms with Crippen molar-refractivity contribution in [3.05, 3.63) is 29.3 Å². The Kier molecular flexibility index (Phi) is 2.83. The summed E-state index contributed by atoms with van der Waals surface area (Å²) in [4.78, 5) is 15.9. The van der Waals surface area contributed by atoms with E-state index in [0.29, 0.717) is 6.54 Å². The molecule has 0 radical (unpaired) electrons. The Hall–Kier alpha value is -1.55. The number of amides is 1. The van der Waals surface area contributed by atoms with Crippen molar-refractivity contribution in [2.75, 3.05) is 32.9 Å². The molecule has 0 saturated carbocycles. The monoisotopic (exact) mass is 219 g/mol. The van der Waals surface area contributed by atoms with Crippen molar-refractivity contribution in [1.29, 1.82) is 0 Å². The number of nitrogens with two attached hydrogens (primary N) is 1. The predicted molar refractivity (Wildman–Crippen MR) is 64.1 cm³/mol. The van der Waals surface area contributed by atoms with Crippen LogP contribution in [0.4, 0.5) is 5.69 Å². The van der Waals surface area contributed by atoms with Crippen LogP contribution in [0, 0.1) is 0 Å². The minimum atomic E-state index is 0.122. The van der Waals surface area contributed by atoms with Crippen LogP contribution in [-0.4, -0.2) is 42.9 Å². The highest BCUT2D eigenvalue weighted by molar-refractivity contribution is 5.98. The van der Waals surface area contributed by atoms with Crippen LogP contribution < -0.4 is 5.73 Å². The van der Waals surface area contributed by atoms with Gasteiger partial charge < -0.3 is 15.5 Å². The molecular formula is C12H17N3O. The van der Waals surface area contributed by atoms with Gasteiger partial charge >= 0.3 is 0 Å². The lowest BCUT2D eigenvalue weighted by Gasteiger charge is -2.18. The molecule has 4 nitrogen and oxygen atoms in total. The fourth-order valence-corrected chi connectivity index (χ4v) is 1.90. The number of hydrogen-bond acceptors (Lipinski definition) is 3. The van der Waals surface area contributed by atoms with Crippen molar-refractivity contribution in [3.8, 4) is 0 Å². The Balaban J connectivity index is 2.11. The Labute approximate surface area is 95.6 Å². The van der Waals surface area contributed by atoms with Gasteiger partial charge in [-0.2, -0.15) is 0 Å². The Morgan fingerprint density at radius 1 is 1.44 bits per heavy atom. The maximum absolute atomic E-state index is 12.0. The first kappa shape index (κ1) is 11.0. The molecule has 4 heteroatoms. The smallest absolute Gasteiger partial charge is 0.254 e. The fraction of sp³-hybridized carbons (Fsp3) is 0.417. The molecule has 0 atom stereocenters. The highest BCUT2D eigenvalue weighted by Gasteiger charge is 2.26. The van der Waals surface area contributed by atoms with Crippen molar-refractivity contribution in [3.63, 3.8) is 0 Å². The molecule has 2 N–H and O–H groups in total. The number of hydrogen-bond donors (Lipinski definition) is 1. The molecule has 1 aromatic carbocycles. The molecule has 1 aliphatic rings. The normalized spacial score (nSPS) is 14.7. The van der Waals surface area contributed by atoms with E-state index in [-0.39, 0.29) is 5.91 Å². The molecule has 0 aliphatic carbocycles. The summed E-state index contributed by atoms with van der Waals surface area (Å²) in [6, 6.07) is 5.50. The van der Waals surface area contributed by atoms with Crippen molar-refractivity contribution in [2.45, 2.75) is 6.54 Å². The Morgan fingerprint density at radius 2 is 2.19 bits per heavy atom. The van der Waals surface area contributed by atoms with Gasteiger partial charge in [0.25, 0.3) is 5.91 Å². The number of nitrogen functional groups attached to an aromatic ring is 1. The molecule has 16 heavy (non-hydrogen) atoms. The van der Waals surface area contributed by atoms with Crippen LogP contribution in [0.1, 0.15) is 15.9 Å². The number of carbonyl (C=O) groups is 1. The molecule has 1 amide bonds. The summed E-state index contributed by atoms with van der Waals surface area (Å²) < 4.78 is 0. The van der Waals surface area contributed by atoms with Gasteiger partial charge in [0.2, 0.25) is 0 Å². The van der Waals surface area contributed by atoms with Crippen LogP contribution in [0.3, 0.4) is 0 Å². The van der Waals surface area contributed by atoms with Crippen LogP contribution >= 0.6 is 0 Å². The second-order valence-corrected chi connectivity index (χ2v) is 4.45. The molecule has 0 spiro atoms. The van der Waals surface area contributed by atoms with Gasteiger partial charge in [0.1, 0.15) is 0 Å². The van der Waals surface area contributed by atoms with Crippen molar-refractivity contribution in [2.24, 2.45) is 0 Å². The summed E-state index contributed by atoms with van der Waals surface area (Å²) in [7, 11) is 4.01. The predicted octanol–water partition coefficient (Wildman–Crippen LogP) is 0.786. The SMILES string of the molecule is CN(C)CCN1Cc2cc(N)ccc2C1=O. The third kappa shape index (κ3) is 2.02. The lowest BCUT2D eigenvalue weighted by molar-refractivity contribution is 0.0768. The minimum absolute atomic E-state index is 0.122. The summed E-state index contributed by atoms with van der Waals surface area (Å²) in [6.07, 6.45) is 0. The highest BCUT2D eigenvalue weighted by Crippen LogP contribution is 2.24. The molecule has 0 unspecified atom stereocenters. The largest absolute Gasteiger partial charge is 0.399 e. The molecule has 0 aromatic heterocycles. The van der Waals surface area contributed by atoms with Crippen LogP contribution in [0.5, 0.6) is 0 Å². The average molecular weight is 219 g/mol. The lowest BCUT2D eigenvalue weighted by atomic mass is 10.1. The van der Waals surface area contributed by atoms with Gasteiger partial charge in [0.15, 0.2) is 0 Å². The van der Waals surface area contributed by atoms with Crippen molar-refractivity contribution >= 4 is 11.6 Å². The van der Waals surface area contributed by atoms with Crippen molar-refractivity contribution in [1.82, 2.24) is 9.80 Å². The Bertz CT molecular complexity index is 415. The summed E-state index contributed by atoms with van der Waals surface area (Å²) >= 11 is 0. The molecule has 86 valence electrons.